The van der Waals surface area contributed by atoms with Gasteiger partial charge in [-0.25, -0.2) is 4.98 Å². The smallest absolute Gasteiger partial charge is 0.218 e. The zero-order valence-corrected chi connectivity index (χ0v) is 9.87. The average Bonchev–Trinajstić information content (AvgIpc) is 2.76. The largest absolute Gasteiger partial charge is 0.445 e. The van der Waals surface area contributed by atoms with Gasteiger partial charge < -0.3 is 4.42 Å². The summed E-state index contributed by atoms with van der Waals surface area (Å²) in [6, 6.07) is 7.56. The lowest BCUT2D eigenvalue weighted by molar-refractivity contribution is 0.546. The molecule has 0 bridgehead atoms. The van der Waals surface area contributed by atoms with Crippen molar-refractivity contribution in [3.8, 4) is 0 Å². The molecule has 1 aromatic heterocycles. The molecule has 0 unspecified atom stereocenters. The Morgan fingerprint density at radius 3 is 2.75 bits per heavy atom. The summed E-state index contributed by atoms with van der Waals surface area (Å²) < 4.78 is 5.19. The van der Waals surface area contributed by atoms with E-state index in [1.54, 1.807) is 12.3 Å². The van der Waals surface area contributed by atoms with Gasteiger partial charge in [-0.15, -0.1) is 11.6 Å². The number of hydrogen-bond acceptors (Lipinski definition) is 2. The molecule has 0 saturated heterocycles. The van der Waals surface area contributed by atoms with Crippen LogP contribution in [0.3, 0.4) is 0 Å². The van der Waals surface area contributed by atoms with Crippen LogP contribution in [0.2, 0.25) is 5.02 Å². The van der Waals surface area contributed by atoms with E-state index in [2.05, 4.69) is 4.98 Å². The second-order valence-corrected chi connectivity index (χ2v) is 3.84. The van der Waals surface area contributed by atoms with E-state index in [0.29, 0.717) is 16.8 Å². The van der Waals surface area contributed by atoms with E-state index >= 15 is 0 Å². The van der Waals surface area contributed by atoms with Crippen LogP contribution in [0, 0.1) is 0 Å². The highest BCUT2D eigenvalue weighted by Crippen LogP contribution is 2.17. The van der Waals surface area contributed by atoms with E-state index < -0.39 is 0 Å². The molecule has 0 aliphatic heterocycles. The van der Waals surface area contributed by atoms with Crippen molar-refractivity contribution >= 4 is 35.4 Å². The molecule has 0 N–H and O–H groups in total. The molecular formula is C12H9Cl2NO. The standard InChI is InChI=1S/C12H9Cl2NO/c13-7-10-8-16-12(15-10)6-5-9-3-1-2-4-11(9)14/h1-6,8H,7H2/b6-5+. The number of oxazole rings is 1. The second-order valence-electron chi connectivity index (χ2n) is 3.17. The Morgan fingerprint density at radius 2 is 2.06 bits per heavy atom. The molecule has 0 radical (unpaired) electrons. The van der Waals surface area contributed by atoms with Crippen LogP contribution in [0.15, 0.2) is 34.9 Å². The minimum Gasteiger partial charge on any atom is -0.445 e. The van der Waals surface area contributed by atoms with Gasteiger partial charge in [0.2, 0.25) is 5.89 Å². The zero-order chi connectivity index (χ0) is 11.4. The highest BCUT2D eigenvalue weighted by Gasteiger charge is 1.99. The fraction of sp³-hybridized carbons (Fsp3) is 0.0833. The summed E-state index contributed by atoms with van der Waals surface area (Å²) in [5.41, 5.74) is 1.65. The Bertz CT molecular complexity index is 505. The number of hydrogen-bond donors (Lipinski definition) is 0. The third-order valence-corrected chi connectivity index (χ3v) is 2.64. The molecule has 0 saturated carbocycles. The first-order chi connectivity index (χ1) is 7.79. The van der Waals surface area contributed by atoms with Gasteiger partial charge in [0, 0.05) is 11.1 Å². The van der Waals surface area contributed by atoms with Gasteiger partial charge >= 0.3 is 0 Å². The van der Waals surface area contributed by atoms with Crippen molar-refractivity contribution in [2.45, 2.75) is 5.88 Å². The number of aromatic nitrogens is 1. The number of halogens is 2. The maximum atomic E-state index is 6.00. The molecule has 0 aliphatic carbocycles. The third-order valence-electron chi connectivity index (χ3n) is 2.02. The van der Waals surface area contributed by atoms with E-state index in [1.165, 1.54) is 0 Å². The lowest BCUT2D eigenvalue weighted by atomic mass is 10.2. The van der Waals surface area contributed by atoms with Gasteiger partial charge in [0.1, 0.15) is 6.26 Å². The van der Waals surface area contributed by atoms with Crippen LogP contribution in [0.25, 0.3) is 12.2 Å². The monoisotopic (exact) mass is 253 g/mol. The van der Waals surface area contributed by atoms with Gasteiger partial charge in [-0.2, -0.15) is 0 Å². The van der Waals surface area contributed by atoms with Crippen LogP contribution < -0.4 is 0 Å². The molecular weight excluding hydrogens is 245 g/mol. The summed E-state index contributed by atoms with van der Waals surface area (Å²) in [6.45, 7) is 0. The number of nitrogens with zero attached hydrogens (tertiary/aromatic N) is 1. The molecule has 0 amide bonds. The Hall–Kier alpha value is -1.25. The fourth-order valence-electron chi connectivity index (χ4n) is 1.23. The minimum absolute atomic E-state index is 0.351. The maximum Gasteiger partial charge on any atom is 0.218 e. The molecule has 0 aliphatic rings. The normalized spacial score (nSPS) is 11.1. The maximum absolute atomic E-state index is 6.00. The van der Waals surface area contributed by atoms with E-state index in [0.717, 1.165) is 11.3 Å². The highest BCUT2D eigenvalue weighted by molar-refractivity contribution is 6.32. The van der Waals surface area contributed by atoms with Crippen molar-refractivity contribution in [3.05, 3.63) is 52.7 Å². The van der Waals surface area contributed by atoms with Crippen LogP contribution in [-0.4, -0.2) is 4.98 Å². The van der Waals surface area contributed by atoms with Crippen molar-refractivity contribution in [2.75, 3.05) is 0 Å². The minimum atomic E-state index is 0.351. The molecule has 0 spiro atoms. The van der Waals surface area contributed by atoms with Gasteiger partial charge in [0.05, 0.1) is 11.6 Å². The molecule has 4 heteroatoms. The van der Waals surface area contributed by atoms with Crippen LogP contribution in [-0.2, 0) is 5.88 Å². The van der Waals surface area contributed by atoms with Gasteiger partial charge in [0.25, 0.3) is 0 Å². The van der Waals surface area contributed by atoms with Crippen molar-refractivity contribution in [1.82, 2.24) is 4.98 Å². The SMILES string of the molecule is ClCc1coc(/C=C/c2ccccc2Cl)n1. The Kier molecular flexibility index (Phi) is 3.65. The summed E-state index contributed by atoms with van der Waals surface area (Å²) in [4.78, 5) is 4.14. The number of benzene rings is 1. The van der Waals surface area contributed by atoms with E-state index in [-0.39, 0.29) is 0 Å². The first-order valence-corrected chi connectivity index (χ1v) is 5.64. The van der Waals surface area contributed by atoms with Gasteiger partial charge in [-0.3, -0.25) is 0 Å². The first-order valence-electron chi connectivity index (χ1n) is 4.72. The number of rotatable bonds is 3. The van der Waals surface area contributed by atoms with Crippen LogP contribution in [0.5, 0.6) is 0 Å². The van der Waals surface area contributed by atoms with Crippen molar-refractivity contribution in [3.63, 3.8) is 0 Å². The van der Waals surface area contributed by atoms with Crippen LogP contribution in [0.4, 0.5) is 0 Å². The van der Waals surface area contributed by atoms with Crippen molar-refractivity contribution in [1.29, 1.82) is 0 Å². The average molecular weight is 254 g/mol. The molecule has 1 heterocycles. The van der Waals surface area contributed by atoms with E-state index in [4.69, 9.17) is 27.6 Å². The highest BCUT2D eigenvalue weighted by atomic mass is 35.5. The Balaban J connectivity index is 2.18. The van der Waals surface area contributed by atoms with Gasteiger partial charge in [-0.1, -0.05) is 29.8 Å². The lowest BCUT2D eigenvalue weighted by Gasteiger charge is -1.94. The zero-order valence-electron chi connectivity index (χ0n) is 8.36. The summed E-state index contributed by atoms with van der Waals surface area (Å²) in [5, 5.41) is 0.697. The van der Waals surface area contributed by atoms with E-state index in [9.17, 15) is 0 Å². The van der Waals surface area contributed by atoms with Crippen LogP contribution >= 0.6 is 23.2 Å². The summed E-state index contributed by atoms with van der Waals surface area (Å²) >= 11 is 11.6. The molecule has 16 heavy (non-hydrogen) atoms. The summed E-state index contributed by atoms with van der Waals surface area (Å²) in [6.07, 6.45) is 5.16. The van der Waals surface area contributed by atoms with Gasteiger partial charge in [-0.05, 0) is 17.7 Å². The van der Waals surface area contributed by atoms with Crippen LogP contribution in [0.1, 0.15) is 17.1 Å². The predicted octanol–water partition coefficient (Wildman–Crippen LogP) is 4.24. The molecule has 2 aromatic rings. The fourth-order valence-corrected chi connectivity index (χ4v) is 1.55. The Morgan fingerprint density at radius 1 is 1.25 bits per heavy atom. The molecule has 2 rings (SSSR count). The third kappa shape index (κ3) is 2.65. The van der Waals surface area contributed by atoms with Crippen molar-refractivity contribution < 1.29 is 4.42 Å². The molecule has 2 nitrogen and oxygen atoms in total. The lowest BCUT2D eigenvalue weighted by Crippen LogP contribution is -1.77. The quantitative estimate of drug-likeness (QED) is 0.765. The topological polar surface area (TPSA) is 26.0 Å². The molecule has 0 atom stereocenters. The molecule has 0 fully saturated rings. The number of alkyl halides is 1. The Labute approximate surface area is 104 Å². The molecule has 1 aromatic carbocycles. The second kappa shape index (κ2) is 5.19. The summed E-state index contributed by atoms with van der Waals surface area (Å²) in [5.74, 6) is 0.874. The molecule has 82 valence electrons. The summed E-state index contributed by atoms with van der Waals surface area (Å²) in [7, 11) is 0. The van der Waals surface area contributed by atoms with Gasteiger partial charge in [0.15, 0.2) is 0 Å². The first kappa shape index (κ1) is 11.2. The van der Waals surface area contributed by atoms with E-state index in [1.807, 2.05) is 30.3 Å². The predicted molar refractivity (Wildman–Crippen MR) is 66.4 cm³/mol. The van der Waals surface area contributed by atoms with Crippen molar-refractivity contribution in [2.24, 2.45) is 0 Å².